The van der Waals surface area contributed by atoms with Crippen LogP contribution in [0.1, 0.15) is 30.6 Å². The third-order valence-corrected chi connectivity index (χ3v) is 5.57. The first kappa shape index (κ1) is 13.3. The molecule has 1 aliphatic carbocycles. The Hall–Kier alpha value is -1.10. The van der Waals surface area contributed by atoms with Crippen LogP contribution in [-0.2, 0) is 10.0 Å². The molecular formula is C11H15N3O2S2. The van der Waals surface area contributed by atoms with Gasteiger partial charge in [-0.3, -0.25) is 4.72 Å². The van der Waals surface area contributed by atoms with Gasteiger partial charge in [0.15, 0.2) is 5.13 Å². The van der Waals surface area contributed by atoms with Crippen molar-refractivity contribution in [3.05, 3.63) is 11.1 Å². The van der Waals surface area contributed by atoms with E-state index in [2.05, 4.69) is 21.5 Å². The zero-order valence-electron chi connectivity index (χ0n) is 9.85. The van der Waals surface area contributed by atoms with Crippen LogP contribution in [0.25, 0.3) is 0 Å². The van der Waals surface area contributed by atoms with Gasteiger partial charge in [0.2, 0.25) is 10.0 Å². The predicted molar refractivity (Wildman–Crippen MR) is 72.8 cm³/mol. The van der Waals surface area contributed by atoms with E-state index in [9.17, 15) is 8.42 Å². The summed E-state index contributed by atoms with van der Waals surface area (Å²) in [5, 5.41) is 0.100. The fourth-order valence-electron chi connectivity index (χ4n) is 1.92. The Kier molecular flexibility index (Phi) is 4.22. The normalized spacial score (nSPS) is 16.3. The number of aromatic nitrogens is 1. The molecule has 0 saturated heterocycles. The van der Waals surface area contributed by atoms with Gasteiger partial charge in [0.05, 0.1) is 22.9 Å². The molecule has 1 fully saturated rings. The molecule has 5 nitrogen and oxygen atoms in total. The number of thiazole rings is 1. The molecule has 1 aromatic heterocycles. The molecule has 18 heavy (non-hydrogen) atoms. The molecule has 1 aromatic rings. The van der Waals surface area contributed by atoms with Gasteiger partial charge in [0.1, 0.15) is 0 Å². The van der Waals surface area contributed by atoms with Crippen molar-refractivity contribution in [2.45, 2.75) is 30.9 Å². The molecular weight excluding hydrogens is 270 g/mol. The van der Waals surface area contributed by atoms with Gasteiger partial charge in [-0.15, -0.1) is 0 Å². The highest BCUT2D eigenvalue weighted by atomic mass is 32.2. The van der Waals surface area contributed by atoms with Crippen molar-refractivity contribution in [1.82, 2.24) is 4.98 Å². The summed E-state index contributed by atoms with van der Waals surface area (Å²) in [7, 11) is -3.30. The summed E-state index contributed by atoms with van der Waals surface area (Å²) < 4.78 is 26.6. The molecule has 0 aromatic carbocycles. The van der Waals surface area contributed by atoms with Gasteiger partial charge < -0.3 is 5.73 Å². The maximum Gasteiger partial charge on any atom is 0.237 e. The first-order valence-electron chi connectivity index (χ1n) is 5.78. The Morgan fingerprint density at radius 2 is 2.22 bits per heavy atom. The molecule has 3 N–H and O–H groups in total. The Morgan fingerprint density at radius 1 is 1.50 bits per heavy atom. The zero-order valence-corrected chi connectivity index (χ0v) is 11.5. The molecule has 0 bridgehead atoms. The smallest absolute Gasteiger partial charge is 0.237 e. The average molecular weight is 285 g/mol. The SMILES string of the molecule is NCC#Cc1cnc(NS(=O)(=O)C2CCCC2)s1. The van der Waals surface area contributed by atoms with Crippen molar-refractivity contribution >= 4 is 26.5 Å². The van der Waals surface area contributed by atoms with Crippen LogP contribution in [0.5, 0.6) is 0 Å². The van der Waals surface area contributed by atoms with Crippen molar-refractivity contribution in [3.8, 4) is 11.8 Å². The molecule has 1 saturated carbocycles. The third-order valence-electron chi connectivity index (χ3n) is 2.79. The first-order chi connectivity index (χ1) is 8.62. The van der Waals surface area contributed by atoms with E-state index in [4.69, 9.17) is 5.73 Å². The Balaban J connectivity index is 2.06. The van der Waals surface area contributed by atoms with Crippen LogP contribution >= 0.6 is 11.3 Å². The van der Waals surface area contributed by atoms with E-state index in [1.807, 2.05) is 0 Å². The summed E-state index contributed by atoms with van der Waals surface area (Å²) in [5.74, 6) is 5.53. The summed E-state index contributed by atoms with van der Waals surface area (Å²) in [4.78, 5) is 4.72. The van der Waals surface area contributed by atoms with Gasteiger partial charge in [-0.2, -0.15) is 0 Å². The lowest BCUT2D eigenvalue weighted by atomic mass is 10.4. The fourth-order valence-corrected chi connectivity index (χ4v) is 4.40. The van der Waals surface area contributed by atoms with E-state index >= 15 is 0 Å². The molecule has 0 atom stereocenters. The van der Waals surface area contributed by atoms with Crippen molar-refractivity contribution < 1.29 is 8.42 Å². The molecule has 2 rings (SSSR count). The van der Waals surface area contributed by atoms with Crippen molar-refractivity contribution in [1.29, 1.82) is 0 Å². The summed E-state index contributed by atoms with van der Waals surface area (Å²) in [6.45, 7) is 0.279. The number of nitrogens with zero attached hydrogens (tertiary/aromatic N) is 1. The second kappa shape index (κ2) is 5.69. The number of hydrogen-bond donors (Lipinski definition) is 2. The minimum Gasteiger partial charge on any atom is -0.320 e. The average Bonchev–Trinajstić information content (AvgIpc) is 2.96. The summed E-state index contributed by atoms with van der Waals surface area (Å²) in [5.41, 5.74) is 5.27. The Bertz CT molecular complexity index is 563. The lowest BCUT2D eigenvalue weighted by Crippen LogP contribution is -2.25. The van der Waals surface area contributed by atoms with E-state index < -0.39 is 10.0 Å². The molecule has 98 valence electrons. The number of nitrogens with one attached hydrogen (secondary N) is 1. The summed E-state index contributed by atoms with van der Waals surface area (Å²) in [6.07, 6.45) is 4.99. The van der Waals surface area contributed by atoms with Crippen LogP contribution in [0, 0.1) is 11.8 Å². The molecule has 1 heterocycles. The highest BCUT2D eigenvalue weighted by Gasteiger charge is 2.29. The predicted octanol–water partition coefficient (Wildman–Crippen LogP) is 1.14. The number of sulfonamides is 1. The summed E-state index contributed by atoms with van der Waals surface area (Å²) >= 11 is 1.23. The molecule has 0 spiro atoms. The summed E-state index contributed by atoms with van der Waals surface area (Å²) in [6, 6.07) is 0. The topological polar surface area (TPSA) is 85.1 Å². The molecule has 0 amide bonds. The largest absolute Gasteiger partial charge is 0.320 e. The van der Waals surface area contributed by atoms with Gasteiger partial charge in [-0.25, -0.2) is 13.4 Å². The van der Waals surface area contributed by atoms with E-state index in [1.54, 1.807) is 6.20 Å². The van der Waals surface area contributed by atoms with Gasteiger partial charge in [-0.1, -0.05) is 36.0 Å². The molecule has 0 radical (unpaired) electrons. The van der Waals surface area contributed by atoms with Gasteiger partial charge in [0, 0.05) is 0 Å². The maximum atomic E-state index is 12.0. The van der Waals surface area contributed by atoms with Crippen LogP contribution < -0.4 is 10.5 Å². The number of rotatable bonds is 3. The van der Waals surface area contributed by atoms with E-state index in [0.29, 0.717) is 10.0 Å². The van der Waals surface area contributed by atoms with Gasteiger partial charge in [0.25, 0.3) is 0 Å². The van der Waals surface area contributed by atoms with E-state index in [1.165, 1.54) is 11.3 Å². The number of nitrogens with two attached hydrogens (primary N) is 1. The van der Waals surface area contributed by atoms with Crippen molar-refractivity contribution in [2.24, 2.45) is 5.73 Å². The van der Waals surface area contributed by atoms with Gasteiger partial charge in [-0.05, 0) is 12.8 Å². The quantitative estimate of drug-likeness (QED) is 0.816. The molecule has 1 aliphatic rings. The Labute approximate surface area is 111 Å². The molecule has 0 unspecified atom stereocenters. The maximum absolute atomic E-state index is 12.0. The second-order valence-corrected chi connectivity index (χ2v) is 7.08. The lowest BCUT2D eigenvalue weighted by molar-refractivity contribution is 0.585. The molecule has 7 heteroatoms. The number of anilines is 1. The fraction of sp³-hybridized carbons (Fsp3) is 0.545. The minimum atomic E-state index is -3.30. The third kappa shape index (κ3) is 3.22. The van der Waals surface area contributed by atoms with Crippen LogP contribution in [0.3, 0.4) is 0 Å². The lowest BCUT2D eigenvalue weighted by Gasteiger charge is -2.10. The van der Waals surface area contributed by atoms with Crippen LogP contribution in [0.2, 0.25) is 0 Å². The van der Waals surface area contributed by atoms with Crippen molar-refractivity contribution in [2.75, 3.05) is 11.3 Å². The van der Waals surface area contributed by atoms with Crippen LogP contribution in [-0.4, -0.2) is 25.2 Å². The van der Waals surface area contributed by atoms with Crippen LogP contribution in [0.4, 0.5) is 5.13 Å². The van der Waals surface area contributed by atoms with Crippen molar-refractivity contribution in [3.63, 3.8) is 0 Å². The number of hydrogen-bond acceptors (Lipinski definition) is 5. The first-order valence-corrected chi connectivity index (χ1v) is 8.14. The molecule has 0 aliphatic heterocycles. The monoisotopic (exact) mass is 285 g/mol. The highest BCUT2D eigenvalue weighted by Crippen LogP contribution is 2.27. The second-order valence-electron chi connectivity index (χ2n) is 4.09. The highest BCUT2D eigenvalue weighted by molar-refractivity contribution is 7.93. The van der Waals surface area contributed by atoms with E-state index in [-0.39, 0.29) is 11.8 Å². The minimum absolute atomic E-state index is 0.278. The van der Waals surface area contributed by atoms with E-state index in [0.717, 1.165) is 25.7 Å². The van der Waals surface area contributed by atoms with Gasteiger partial charge >= 0.3 is 0 Å². The standard InChI is InChI=1S/C11H15N3O2S2/c12-7-3-4-9-8-13-11(17-9)14-18(15,16)10-5-1-2-6-10/h8,10H,1-2,5-7,12H2,(H,13,14). The van der Waals surface area contributed by atoms with Crippen LogP contribution in [0.15, 0.2) is 6.20 Å². The zero-order chi connectivity index (χ0) is 13.0. The Morgan fingerprint density at radius 3 is 2.89 bits per heavy atom.